The third-order valence-corrected chi connectivity index (χ3v) is 8.57. The van der Waals surface area contributed by atoms with E-state index in [-0.39, 0.29) is 11.4 Å². The van der Waals surface area contributed by atoms with Crippen LogP contribution in [0.1, 0.15) is 71.1 Å². The number of cyclic esters (lactones) is 1. The Kier molecular flexibility index (Phi) is 3.51. The summed E-state index contributed by atoms with van der Waals surface area (Å²) in [7, 11) is 0. The van der Waals surface area contributed by atoms with Gasteiger partial charge in [0.15, 0.2) is 0 Å². The van der Waals surface area contributed by atoms with Gasteiger partial charge in [0.05, 0.1) is 5.60 Å². The van der Waals surface area contributed by atoms with Gasteiger partial charge in [-0.25, -0.2) is 4.79 Å². The summed E-state index contributed by atoms with van der Waals surface area (Å²) in [6.07, 6.45) is 13.6. The van der Waals surface area contributed by atoms with E-state index in [0.717, 1.165) is 43.6 Å². The van der Waals surface area contributed by atoms with E-state index < -0.39 is 5.60 Å². The number of carbonyl (C=O) groups is 1. The monoisotopic (exact) mass is 342 g/mol. The van der Waals surface area contributed by atoms with Crippen LogP contribution in [0.25, 0.3) is 0 Å². The topological polar surface area (TPSA) is 46.5 Å². The van der Waals surface area contributed by atoms with Crippen LogP contribution in [0, 0.1) is 23.2 Å². The van der Waals surface area contributed by atoms with Crippen molar-refractivity contribution >= 4 is 5.97 Å². The Bertz CT molecular complexity index is 675. The highest BCUT2D eigenvalue weighted by Crippen LogP contribution is 2.66. The van der Waals surface area contributed by atoms with Gasteiger partial charge in [-0.3, -0.25) is 0 Å². The summed E-state index contributed by atoms with van der Waals surface area (Å²) in [6, 6.07) is 0. The van der Waals surface area contributed by atoms with Crippen molar-refractivity contribution in [1.29, 1.82) is 0 Å². The first kappa shape index (κ1) is 16.1. The Morgan fingerprint density at radius 2 is 1.92 bits per heavy atom. The highest BCUT2D eigenvalue weighted by Gasteiger charge is 2.63. The first-order chi connectivity index (χ1) is 12.0. The Balaban J connectivity index is 1.52. The van der Waals surface area contributed by atoms with E-state index in [9.17, 15) is 9.90 Å². The summed E-state index contributed by atoms with van der Waals surface area (Å²) in [5.41, 5.74) is 3.81. The molecular weight excluding hydrogens is 312 g/mol. The highest BCUT2D eigenvalue weighted by molar-refractivity contribution is 5.85. The van der Waals surface area contributed by atoms with Crippen molar-refractivity contribution in [1.82, 2.24) is 0 Å². The first-order valence-corrected chi connectivity index (χ1v) is 10.3. The average molecular weight is 342 g/mol. The van der Waals surface area contributed by atoms with Crippen molar-refractivity contribution in [3.8, 4) is 0 Å². The van der Waals surface area contributed by atoms with Gasteiger partial charge in [-0.1, -0.05) is 24.5 Å². The lowest BCUT2D eigenvalue weighted by Gasteiger charge is -2.55. The molecule has 3 saturated carbocycles. The molecule has 5 atom stereocenters. The number of esters is 1. The van der Waals surface area contributed by atoms with E-state index >= 15 is 0 Å². The molecule has 0 saturated heterocycles. The van der Waals surface area contributed by atoms with Crippen molar-refractivity contribution in [2.45, 2.75) is 76.7 Å². The molecular formula is C22H30O3. The van der Waals surface area contributed by atoms with Crippen LogP contribution in [-0.4, -0.2) is 23.3 Å². The van der Waals surface area contributed by atoms with Crippen LogP contribution in [0.5, 0.6) is 0 Å². The highest BCUT2D eigenvalue weighted by atomic mass is 16.5. The summed E-state index contributed by atoms with van der Waals surface area (Å²) in [5.74, 6) is 1.28. The van der Waals surface area contributed by atoms with Crippen LogP contribution in [-0.2, 0) is 9.53 Å². The molecule has 0 spiro atoms. The van der Waals surface area contributed by atoms with Crippen molar-refractivity contribution in [2.24, 2.45) is 23.2 Å². The summed E-state index contributed by atoms with van der Waals surface area (Å²) in [4.78, 5) is 11.6. The standard InChI is InChI=1S/C22H30O3/c1-21-10-8-17-16-5-3-2-4-14(16)6-7-19(17)22(21,24)11-9-18(21)15-12-20(23)25-13-15/h12,14,18-19,24H,2-11,13H2,1H3/t14?,18-,19-,21-,22+/m1/s1. The van der Waals surface area contributed by atoms with Crippen molar-refractivity contribution in [3.05, 3.63) is 22.8 Å². The van der Waals surface area contributed by atoms with Crippen molar-refractivity contribution in [3.63, 3.8) is 0 Å². The lowest BCUT2D eigenvalue weighted by atomic mass is 9.52. The fourth-order valence-electron chi connectivity index (χ4n) is 7.27. The van der Waals surface area contributed by atoms with Gasteiger partial charge < -0.3 is 9.84 Å². The molecule has 0 aromatic rings. The van der Waals surface area contributed by atoms with Crippen LogP contribution < -0.4 is 0 Å². The Morgan fingerprint density at radius 3 is 2.72 bits per heavy atom. The summed E-state index contributed by atoms with van der Waals surface area (Å²) in [5, 5.41) is 12.0. The molecule has 25 heavy (non-hydrogen) atoms. The number of allylic oxidation sites excluding steroid dienone is 1. The predicted octanol–water partition coefficient (Wildman–Crippen LogP) is 4.31. The van der Waals surface area contributed by atoms with E-state index in [4.69, 9.17) is 4.74 Å². The lowest BCUT2D eigenvalue weighted by Crippen LogP contribution is -2.55. The molecule has 5 rings (SSSR count). The van der Waals surface area contributed by atoms with Gasteiger partial charge in [0, 0.05) is 17.4 Å². The maximum Gasteiger partial charge on any atom is 0.331 e. The molecule has 0 aromatic carbocycles. The number of hydrogen-bond donors (Lipinski definition) is 1. The zero-order valence-corrected chi connectivity index (χ0v) is 15.4. The second-order valence-electron chi connectivity index (χ2n) is 9.38. The minimum atomic E-state index is -0.590. The number of rotatable bonds is 1. The zero-order chi connectivity index (χ0) is 17.2. The van der Waals surface area contributed by atoms with Crippen molar-refractivity contribution < 1.29 is 14.6 Å². The Hall–Kier alpha value is -1.09. The smallest absolute Gasteiger partial charge is 0.331 e. The quantitative estimate of drug-likeness (QED) is 0.570. The molecule has 4 aliphatic carbocycles. The van der Waals surface area contributed by atoms with E-state index in [1.807, 2.05) is 0 Å². The summed E-state index contributed by atoms with van der Waals surface area (Å²) >= 11 is 0. The van der Waals surface area contributed by atoms with Gasteiger partial charge >= 0.3 is 5.97 Å². The Labute approximate surface area is 150 Å². The third-order valence-electron chi connectivity index (χ3n) is 8.57. The Morgan fingerprint density at radius 1 is 1.04 bits per heavy atom. The number of fused-ring (bicyclic) bond motifs is 4. The zero-order valence-electron chi connectivity index (χ0n) is 15.4. The van der Waals surface area contributed by atoms with E-state index in [2.05, 4.69) is 6.92 Å². The molecule has 136 valence electrons. The molecule has 1 unspecified atom stereocenters. The van der Waals surface area contributed by atoms with Crippen LogP contribution in [0.3, 0.4) is 0 Å². The van der Waals surface area contributed by atoms with E-state index in [1.165, 1.54) is 32.1 Å². The number of hydrogen-bond acceptors (Lipinski definition) is 3. The van der Waals surface area contributed by atoms with E-state index in [1.54, 1.807) is 17.2 Å². The van der Waals surface area contributed by atoms with Crippen molar-refractivity contribution in [2.75, 3.05) is 6.61 Å². The fourth-order valence-corrected chi connectivity index (χ4v) is 7.27. The number of ether oxygens (including phenoxy) is 1. The average Bonchev–Trinajstić information content (AvgIpc) is 3.15. The summed E-state index contributed by atoms with van der Waals surface area (Å²) in [6.45, 7) is 2.73. The SMILES string of the molecule is C[C@]12CCC3=C4CCCCC4CC[C@H]3[C@@]1(O)CC[C@@H]2C1=CC(=O)OC1. The molecule has 3 fully saturated rings. The van der Waals surface area contributed by atoms with Gasteiger partial charge in [0.25, 0.3) is 0 Å². The molecule has 0 bridgehead atoms. The van der Waals surface area contributed by atoms with E-state index in [0.29, 0.717) is 18.4 Å². The predicted molar refractivity (Wildman–Crippen MR) is 95.8 cm³/mol. The number of carbonyl (C=O) groups excluding carboxylic acids is 1. The normalized spacial score (nSPS) is 46.2. The van der Waals surface area contributed by atoms with Gasteiger partial charge in [-0.05, 0) is 75.2 Å². The molecule has 1 N–H and O–H groups in total. The van der Waals surface area contributed by atoms with Crippen LogP contribution >= 0.6 is 0 Å². The third kappa shape index (κ3) is 2.11. The summed E-state index contributed by atoms with van der Waals surface area (Å²) < 4.78 is 5.19. The van der Waals surface area contributed by atoms with Crippen LogP contribution in [0.4, 0.5) is 0 Å². The van der Waals surface area contributed by atoms with Crippen LogP contribution in [0.15, 0.2) is 22.8 Å². The van der Waals surface area contributed by atoms with Gasteiger partial charge in [-0.2, -0.15) is 0 Å². The van der Waals surface area contributed by atoms with Gasteiger partial charge in [0.1, 0.15) is 6.61 Å². The molecule has 3 nitrogen and oxygen atoms in total. The minimum Gasteiger partial charge on any atom is -0.458 e. The maximum atomic E-state index is 12.0. The van der Waals surface area contributed by atoms with Crippen LogP contribution in [0.2, 0.25) is 0 Å². The fraction of sp³-hybridized carbons (Fsp3) is 0.773. The second kappa shape index (κ2) is 5.45. The minimum absolute atomic E-state index is 0.108. The molecule has 0 radical (unpaired) electrons. The maximum absolute atomic E-state index is 12.0. The molecule has 0 amide bonds. The van der Waals surface area contributed by atoms with Gasteiger partial charge in [-0.15, -0.1) is 0 Å². The molecule has 1 aliphatic heterocycles. The second-order valence-corrected chi connectivity index (χ2v) is 9.38. The molecule has 1 heterocycles. The lowest BCUT2D eigenvalue weighted by molar-refractivity contribution is -0.135. The molecule has 3 heteroatoms. The van der Waals surface area contributed by atoms with Gasteiger partial charge in [0.2, 0.25) is 0 Å². The number of aliphatic hydroxyl groups is 1. The molecule has 0 aromatic heterocycles. The molecule has 5 aliphatic rings. The first-order valence-electron chi connectivity index (χ1n) is 10.3. The largest absolute Gasteiger partial charge is 0.458 e.